The molecule has 0 spiro atoms. The van der Waals surface area contributed by atoms with Crippen molar-refractivity contribution in [1.82, 2.24) is 14.9 Å². The number of imidazole rings is 1. The number of carbonyl (C=O) groups excluding carboxylic acids is 1. The van der Waals surface area contributed by atoms with Crippen LogP contribution in [-0.4, -0.2) is 15.5 Å². The molecule has 4 aromatic rings. The van der Waals surface area contributed by atoms with E-state index in [1.54, 1.807) is 6.07 Å². The molecule has 4 nitrogen and oxygen atoms in total. The van der Waals surface area contributed by atoms with Gasteiger partial charge in [0.05, 0.1) is 27.1 Å². The normalized spacial score (nSPS) is 12.3. The lowest BCUT2D eigenvalue weighted by Gasteiger charge is -2.23. The monoisotopic (exact) mass is 451 g/mol. The van der Waals surface area contributed by atoms with E-state index in [1.807, 2.05) is 66.7 Å². The summed E-state index contributed by atoms with van der Waals surface area (Å²) in [6.07, 6.45) is 0. The van der Waals surface area contributed by atoms with Crippen LogP contribution in [0.5, 0.6) is 0 Å². The first-order valence-corrected chi connectivity index (χ1v) is 10.9. The molecule has 1 N–H and O–H groups in total. The minimum atomic E-state index is -0.261. The lowest BCUT2D eigenvalue weighted by atomic mass is 10.0. The van der Waals surface area contributed by atoms with Crippen molar-refractivity contribution in [1.29, 1.82) is 0 Å². The highest BCUT2D eigenvalue weighted by molar-refractivity contribution is 6.42. The maximum atomic E-state index is 12.9. The fraction of sp³-hybridized carbons (Fsp3) is 0.200. The molecule has 1 aromatic heterocycles. The number of amides is 1. The lowest BCUT2D eigenvalue weighted by Crippen LogP contribution is -2.33. The van der Waals surface area contributed by atoms with Crippen LogP contribution in [0.1, 0.15) is 41.6 Å². The average Bonchev–Trinajstić information content (AvgIpc) is 3.13. The zero-order valence-electron chi connectivity index (χ0n) is 17.3. The number of fused-ring (bicyclic) bond motifs is 1. The molecule has 3 aromatic carbocycles. The van der Waals surface area contributed by atoms with Crippen molar-refractivity contribution in [3.63, 3.8) is 0 Å². The number of halogens is 2. The predicted octanol–water partition coefficient (Wildman–Crippen LogP) is 6.52. The summed E-state index contributed by atoms with van der Waals surface area (Å²) in [6.45, 7) is 4.73. The first kappa shape index (κ1) is 21.4. The molecule has 0 radical (unpaired) electrons. The van der Waals surface area contributed by atoms with Crippen LogP contribution < -0.4 is 5.32 Å². The molecule has 6 heteroatoms. The first-order chi connectivity index (χ1) is 14.9. The second-order valence-corrected chi connectivity index (χ2v) is 8.67. The number of aromatic nitrogens is 2. The van der Waals surface area contributed by atoms with E-state index in [9.17, 15) is 4.79 Å². The van der Waals surface area contributed by atoms with Crippen LogP contribution in [0.3, 0.4) is 0 Å². The highest BCUT2D eigenvalue weighted by atomic mass is 35.5. The van der Waals surface area contributed by atoms with Crippen LogP contribution in [-0.2, 0) is 6.54 Å². The van der Waals surface area contributed by atoms with Crippen LogP contribution in [0.2, 0.25) is 10.0 Å². The van der Waals surface area contributed by atoms with E-state index < -0.39 is 0 Å². The molecule has 0 saturated carbocycles. The summed E-state index contributed by atoms with van der Waals surface area (Å²) >= 11 is 12.3. The van der Waals surface area contributed by atoms with Gasteiger partial charge in [-0.2, -0.15) is 0 Å². The Morgan fingerprint density at radius 1 is 0.968 bits per heavy atom. The minimum Gasteiger partial charge on any atom is -0.342 e. The molecule has 1 atom stereocenters. The van der Waals surface area contributed by atoms with Gasteiger partial charge in [0.2, 0.25) is 0 Å². The van der Waals surface area contributed by atoms with E-state index in [1.165, 1.54) is 0 Å². The number of carbonyl (C=O) groups is 1. The number of hydrogen-bond donors (Lipinski definition) is 1. The van der Waals surface area contributed by atoms with Gasteiger partial charge in [0, 0.05) is 12.1 Å². The lowest BCUT2D eigenvalue weighted by molar-refractivity contribution is 0.0922. The molecule has 0 unspecified atom stereocenters. The zero-order valence-corrected chi connectivity index (χ0v) is 18.9. The molecule has 158 valence electrons. The Morgan fingerprint density at radius 2 is 1.68 bits per heavy atom. The van der Waals surface area contributed by atoms with Gasteiger partial charge in [0.1, 0.15) is 5.82 Å². The van der Waals surface area contributed by atoms with E-state index >= 15 is 0 Å². The molecule has 31 heavy (non-hydrogen) atoms. The number of nitrogens with zero attached hydrogens (tertiary/aromatic N) is 2. The number of rotatable bonds is 6. The van der Waals surface area contributed by atoms with Gasteiger partial charge in [0.15, 0.2) is 0 Å². The predicted molar refractivity (Wildman–Crippen MR) is 127 cm³/mol. The van der Waals surface area contributed by atoms with Gasteiger partial charge in [-0.25, -0.2) is 4.98 Å². The second-order valence-electron chi connectivity index (χ2n) is 7.85. The van der Waals surface area contributed by atoms with Crippen molar-refractivity contribution >= 4 is 40.1 Å². The molecule has 0 aliphatic carbocycles. The summed E-state index contributed by atoms with van der Waals surface area (Å²) in [4.78, 5) is 17.8. The molecule has 0 aliphatic rings. The smallest absolute Gasteiger partial charge is 0.251 e. The molecule has 4 rings (SSSR count). The topological polar surface area (TPSA) is 46.9 Å². The third-order valence-electron chi connectivity index (χ3n) is 5.28. The molecule has 0 saturated heterocycles. The van der Waals surface area contributed by atoms with Crippen molar-refractivity contribution in [2.45, 2.75) is 26.4 Å². The average molecular weight is 452 g/mol. The van der Waals surface area contributed by atoms with Crippen molar-refractivity contribution < 1.29 is 4.79 Å². The summed E-state index contributed by atoms with van der Waals surface area (Å²) < 4.78 is 2.14. The SMILES string of the molecule is CC(C)[C@@H](NC(=O)c1ccccc1)c1nc2ccccc2n1Cc1ccc(Cl)c(Cl)c1. The van der Waals surface area contributed by atoms with Crippen molar-refractivity contribution in [2.24, 2.45) is 5.92 Å². The zero-order chi connectivity index (χ0) is 22.0. The molecule has 1 heterocycles. The number of hydrogen-bond acceptors (Lipinski definition) is 2. The van der Waals surface area contributed by atoms with Gasteiger partial charge in [0.25, 0.3) is 5.91 Å². The Bertz CT molecular complexity index is 1220. The highest BCUT2D eigenvalue weighted by Gasteiger charge is 2.25. The fourth-order valence-corrected chi connectivity index (χ4v) is 3.98. The van der Waals surface area contributed by atoms with Gasteiger partial charge in [-0.15, -0.1) is 0 Å². The molecule has 0 bridgehead atoms. The maximum absolute atomic E-state index is 12.9. The Hall–Kier alpha value is -2.82. The van der Waals surface area contributed by atoms with Crippen LogP contribution in [0.25, 0.3) is 11.0 Å². The first-order valence-electron chi connectivity index (χ1n) is 10.2. The van der Waals surface area contributed by atoms with Crippen LogP contribution in [0, 0.1) is 5.92 Å². The Balaban J connectivity index is 1.76. The number of para-hydroxylation sites is 2. The summed E-state index contributed by atoms with van der Waals surface area (Å²) in [6, 6.07) is 22.6. The van der Waals surface area contributed by atoms with Crippen molar-refractivity contribution in [3.05, 3.63) is 99.8 Å². The van der Waals surface area contributed by atoms with Crippen LogP contribution >= 0.6 is 23.2 Å². The summed E-state index contributed by atoms with van der Waals surface area (Å²) in [5.41, 5.74) is 3.52. The third-order valence-corrected chi connectivity index (χ3v) is 6.02. The quantitative estimate of drug-likeness (QED) is 0.362. The van der Waals surface area contributed by atoms with Gasteiger partial charge >= 0.3 is 0 Å². The van der Waals surface area contributed by atoms with Gasteiger partial charge < -0.3 is 9.88 Å². The molecular weight excluding hydrogens is 429 g/mol. The molecule has 1 amide bonds. The number of benzene rings is 3. The Morgan fingerprint density at radius 3 is 2.39 bits per heavy atom. The Labute approximate surface area is 191 Å². The molecule has 0 fully saturated rings. The van der Waals surface area contributed by atoms with Crippen LogP contribution in [0.15, 0.2) is 72.8 Å². The van der Waals surface area contributed by atoms with Crippen molar-refractivity contribution in [2.75, 3.05) is 0 Å². The fourth-order valence-electron chi connectivity index (χ4n) is 3.66. The van der Waals surface area contributed by atoms with E-state index in [0.29, 0.717) is 22.2 Å². The van der Waals surface area contributed by atoms with Gasteiger partial charge in [-0.1, -0.05) is 73.4 Å². The van der Waals surface area contributed by atoms with E-state index in [-0.39, 0.29) is 17.9 Å². The van der Waals surface area contributed by atoms with E-state index in [2.05, 4.69) is 23.7 Å². The summed E-state index contributed by atoms with van der Waals surface area (Å²) in [5, 5.41) is 4.23. The van der Waals surface area contributed by atoms with E-state index in [0.717, 1.165) is 22.4 Å². The standard InChI is InChI=1S/C25H23Cl2N3O/c1-16(2)23(29-25(31)18-8-4-3-5-9-18)24-28-21-10-6-7-11-22(21)30(24)15-17-12-13-19(26)20(27)14-17/h3-14,16,23H,15H2,1-2H3,(H,29,31)/t23-/m1/s1. The largest absolute Gasteiger partial charge is 0.342 e. The maximum Gasteiger partial charge on any atom is 0.251 e. The second kappa shape index (κ2) is 9.13. The van der Waals surface area contributed by atoms with Gasteiger partial charge in [-0.3, -0.25) is 4.79 Å². The van der Waals surface area contributed by atoms with Crippen molar-refractivity contribution in [3.8, 4) is 0 Å². The molecule has 0 aliphatic heterocycles. The third kappa shape index (κ3) is 4.60. The molecular formula is C25H23Cl2N3O. The van der Waals surface area contributed by atoms with Gasteiger partial charge in [-0.05, 0) is 47.9 Å². The summed E-state index contributed by atoms with van der Waals surface area (Å²) in [5.74, 6) is 0.830. The summed E-state index contributed by atoms with van der Waals surface area (Å²) in [7, 11) is 0. The number of nitrogens with one attached hydrogen (secondary N) is 1. The highest BCUT2D eigenvalue weighted by Crippen LogP contribution is 2.29. The minimum absolute atomic E-state index is 0.118. The van der Waals surface area contributed by atoms with Crippen LogP contribution in [0.4, 0.5) is 0 Å². The van der Waals surface area contributed by atoms with E-state index in [4.69, 9.17) is 28.2 Å². The Kier molecular flexibility index (Phi) is 6.30.